The lowest BCUT2D eigenvalue weighted by molar-refractivity contribution is -0.116. The minimum atomic E-state index is -0.0593. The predicted molar refractivity (Wildman–Crippen MR) is 207 cm³/mol. The van der Waals surface area contributed by atoms with Crippen molar-refractivity contribution in [3.63, 3.8) is 0 Å². The number of anilines is 5. The molecule has 264 valence electrons. The third-order valence-electron chi connectivity index (χ3n) is 10.6. The number of hydrogen-bond acceptors (Lipinski definition) is 8. The molecular weight excluding hydrogens is 637 g/mol. The van der Waals surface area contributed by atoms with Crippen LogP contribution in [0, 0.1) is 19.8 Å². The molecule has 7 rings (SSSR count). The van der Waals surface area contributed by atoms with Crippen LogP contribution in [0.1, 0.15) is 48.3 Å². The zero-order valence-electron chi connectivity index (χ0n) is 30.4. The Labute approximate surface area is 300 Å². The van der Waals surface area contributed by atoms with Crippen LogP contribution in [0.4, 0.5) is 28.6 Å². The number of ketones is 1. The van der Waals surface area contributed by atoms with Gasteiger partial charge >= 0.3 is 0 Å². The molecule has 0 aliphatic carbocycles. The molecule has 2 aromatic heterocycles. The highest BCUT2D eigenvalue weighted by atomic mass is 16.2. The third kappa shape index (κ3) is 7.46. The van der Waals surface area contributed by atoms with Gasteiger partial charge in [0.05, 0.1) is 6.20 Å². The first-order chi connectivity index (χ1) is 24.6. The van der Waals surface area contributed by atoms with Crippen molar-refractivity contribution in [3.8, 4) is 11.1 Å². The van der Waals surface area contributed by atoms with Crippen molar-refractivity contribution in [3.05, 3.63) is 95.8 Å². The molecule has 1 amide bonds. The second-order valence-corrected chi connectivity index (χ2v) is 14.2. The van der Waals surface area contributed by atoms with Crippen LogP contribution >= 0.6 is 0 Å². The summed E-state index contributed by atoms with van der Waals surface area (Å²) >= 11 is 0. The summed E-state index contributed by atoms with van der Waals surface area (Å²) in [6, 6.07) is 25.7. The molecule has 5 aromatic rings. The molecule has 10 nitrogen and oxygen atoms in total. The molecule has 4 heterocycles. The number of aryl methyl sites for hydroxylation is 2. The average molecular weight is 685 g/mol. The Balaban J connectivity index is 0.896. The Morgan fingerprint density at radius 1 is 0.804 bits per heavy atom. The standard InChI is InChI=1S/C41H48N8O2/c1-28-9-10-34(24-38(28)45(5)31(4)51)33-11-13-36(14-12-33)48-21-19-46(20-22-48)27-32-15-17-47(18-16-32)37-8-6-7-35(25-37)43-40-23-29(2)41-42-26-39(30(3)50)49(41)44-40/h6-14,23-26,32H,15-22,27H2,1-5H3,(H,43,44). The monoisotopic (exact) mass is 684 g/mol. The molecule has 0 atom stereocenters. The van der Waals surface area contributed by atoms with Gasteiger partial charge in [-0.15, -0.1) is 5.10 Å². The highest BCUT2D eigenvalue weighted by molar-refractivity contribution is 5.93. The minimum absolute atomic E-state index is 0.0341. The molecule has 51 heavy (non-hydrogen) atoms. The number of Topliss-reactive ketones (excluding diaryl/α,β-unsaturated/α-hetero) is 1. The van der Waals surface area contributed by atoms with Gasteiger partial charge in [-0.3, -0.25) is 14.5 Å². The van der Waals surface area contributed by atoms with Gasteiger partial charge in [0.2, 0.25) is 5.91 Å². The molecule has 10 heteroatoms. The van der Waals surface area contributed by atoms with Crippen molar-refractivity contribution in [1.29, 1.82) is 0 Å². The highest BCUT2D eigenvalue weighted by Crippen LogP contribution is 2.31. The number of piperidine rings is 1. The Morgan fingerprint density at radius 3 is 2.22 bits per heavy atom. The maximum atomic E-state index is 12.1. The Bertz CT molecular complexity index is 2040. The number of hydrogen-bond donors (Lipinski definition) is 1. The number of amides is 1. The minimum Gasteiger partial charge on any atom is -0.371 e. The Kier molecular flexibility index (Phi) is 9.77. The van der Waals surface area contributed by atoms with Crippen LogP contribution in [0.2, 0.25) is 0 Å². The SMILES string of the molecule is CC(=O)c1cnc2c(C)cc(Nc3cccc(N4CCC(CN5CCN(c6ccc(-c7ccc(C)c(N(C)C(C)=O)c7)cc6)CC5)CC4)c3)nn12. The van der Waals surface area contributed by atoms with E-state index in [1.54, 1.807) is 22.5 Å². The van der Waals surface area contributed by atoms with Crippen LogP contribution in [0.25, 0.3) is 16.8 Å². The highest BCUT2D eigenvalue weighted by Gasteiger charge is 2.25. The van der Waals surface area contributed by atoms with E-state index in [4.69, 9.17) is 0 Å². The molecule has 0 unspecified atom stereocenters. The van der Waals surface area contributed by atoms with E-state index in [1.807, 2.05) is 27.0 Å². The maximum absolute atomic E-state index is 12.1. The molecule has 2 saturated heterocycles. The van der Waals surface area contributed by atoms with E-state index in [0.717, 1.165) is 79.4 Å². The number of carbonyl (C=O) groups is 2. The molecule has 0 bridgehead atoms. The zero-order valence-corrected chi connectivity index (χ0v) is 30.4. The van der Waals surface area contributed by atoms with Gasteiger partial charge in [0.1, 0.15) is 5.69 Å². The van der Waals surface area contributed by atoms with Crippen molar-refractivity contribution in [1.82, 2.24) is 19.5 Å². The first-order valence-corrected chi connectivity index (χ1v) is 18.0. The summed E-state index contributed by atoms with van der Waals surface area (Å²) in [7, 11) is 1.83. The van der Waals surface area contributed by atoms with Crippen LogP contribution in [0.3, 0.4) is 0 Å². The molecule has 3 aromatic carbocycles. The topological polar surface area (TPSA) is 89.3 Å². The average Bonchev–Trinajstić information content (AvgIpc) is 3.58. The van der Waals surface area contributed by atoms with Gasteiger partial charge in [-0.05, 0) is 97.3 Å². The van der Waals surface area contributed by atoms with E-state index >= 15 is 0 Å². The van der Waals surface area contributed by atoms with Crippen LogP contribution in [0.15, 0.2) is 79.0 Å². The zero-order chi connectivity index (χ0) is 35.6. The summed E-state index contributed by atoms with van der Waals surface area (Å²) < 4.78 is 1.63. The van der Waals surface area contributed by atoms with Crippen molar-refractivity contribution >= 4 is 45.9 Å². The summed E-state index contributed by atoms with van der Waals surface area (Å²) in [5.41, 5.74) is 9.93. The number of rotatable bonds is 9. The quantitative estimate of drug-likeness (QED) is 0.167. The molecule has 0 spiro atoms. The van der Waals surface area contributed by atoms with E-state index in [0.29, 0.717) is 23.1 Å². The summed E-state index contributed by atoms with van der Waals surface area (Å²) in [5, 5.41) is 8.11. The molecule has 2 aliphatic rings. The van der Waals surface area contributed by atoms with Crippen molar-refractivity contribution in [2.24, 2.45) is 5.92 Å². The molecular formula is C41H48N8O2. The molecule has 1 N–H and O–H groups in total. The first kappa shape index (κ1) is 34.2. The lowest BCUT2D eigenvalue weighted by Crippen LogP contribution is -2.49. The summed E-state index contributed by atoms with van der Waals surface area (Å²) in [4.78, 5) is 37.8. The smallest absolute Gasteiger partial charge is 0.223 e. The number of carbonyl (C=O) groups excluding carboxylic acids is 2. The fourth-order valence-corrected chi connectivity index (χ4v) is 7.46. The van der Waals surface area contributed by atoms with Gasteiger partial charge in [-0.25, -0.2) is 9.50 Å². The Hall–Kier alpha value is -5.22. The maximum Gasteiger partial charge on any atom is 0.223 e. The third-order valence-corrected chi connectivity index (χ3v) is 10.6. The summed E-state index contributed by atoms with van der Waals surface area (Å²) in [5.74, 6) is 1.37. The summed E-state index contributed by atoms with van der Waals surface area (Å²) in [6.07, 6.45) is 3.97. The largest absolute Gasteiger partial charge is 0.371 e. The van der Waals surface area contributed by atoms with Crippen LogP contribution < -0.4 is 20.0 Å². The van der Waals surface area contributed by atoms with Gasteiger partial charge in [0.25, 0.3) is 0 Å². The van der Waals surface area contributed by atoms with Gasteiger partial charge in [0, 0.05) is 89.5 Å². The lowest BCUT2D eigenvalue weighted by Gasteiger charge is -2.40. The number of aromatic nitrogens is 3. The Morgan fingerprint density at radius 2 is 1.51 bits per heavy atom. The van der Waals surface area contributed by atoms with E-state index in [2.05, 4.69) is 96.8 Å². The number of piperazine rings is 1. The van der Waals surface area contributed by atoms with E-state index in [-0.39, 0.29) is 11.7 Å². The number of benzene rings is 3. The van der Waals surface area contributed by atoms with Gasteiger partial charge in [-0.1, -0.05) is 30.3 Å². The molecule has 2 fully saturated rings. The van der Waals surface area contributed by atoms with Crippen LogP contribution in [-0.4, -0.2) is 84.0 Å². The summed E-state index contributed by atoms with van der Waals surface area (Å²) in [6.45, 7) is 14.7. The second-order valence-electron chi connectivity index (χ2n) is 14.2. The van der Waals surface area contributed by atoms with Gasteiger partial charge in [-0.2, -0.15) is 0 Å². The number of nitrogens with one attached hydrogen (secondary N) is 1. The first-order valence-electron chi connectivity index (χ1n) is 18.0. The van der Waals surface area contributed by atoms with Crippen LogP contribution in [-0.2, 0) is 4.79 Å². The van der Waals surface area contributed by atoms with Crippen molar-refractivity contribution < 1.29 is 9.59 Å². The van der Waals surface area contributed by atoms with E-state index in [1.165, 1.54) is 31.1 Å². The molecule has 0 saturated carbocycles. The number of nitrogens with zero attached hydrogens (tertiary/aromatic N) is 7. The van der Waals surface area contributed by atoms with Crippen LogP contribution in [0.5, 0.6) is 0 Å². The lowest BCUT2D eigenvalue weighted by atomic mass is 9.95. The van der Waals surface area contributed by atoms with E-state index < -0.39 is 0 Å². The number of fused-ring (bicyclic) bond motifs is 1. The van der Waals surface area contributed by atoms with Crippen molar-refractivity contribution in [2.75, 3.05) is 72.9 Å². The normalized spacial score (nSPS) is 15.7. The molecule has 2 aliphatic heterocycles. The fourth-order valence-electron chi connectivity index (χ4n) is 7.46. The second kappa shape index (κ2) is 14.6. The van der Waals surface area contributed by atoms with Crippen molar-refractivity contribution in [2.45, 2.75) is 40.5 Å². The number of imidazole rings is 1. The van der Waals surface area contributed by atoms with E-state index in [9.17, 15) is 9.59 Å². The predicted octanol–water partition coefficient (Wildman–Crippen LogP) is 6.98. The van der Waals surface area contributed by atoms with Gasteiger partial charge < -0.3 is 20.0 Å². The fraction of sp³-hybridized carbons (Fsp3) is 0.366. The van der Waals surface area contributed by atoms with Gasteiger partial charge in [0.15, 0.2) is 17.2 Å². The molecule has 0 radical (unpaired) electrons.